The second-order valence-corrected chi connectivity index (χ2v) is 3.87. The molecule has 1 aromatic heterocycles. The summed E-state index contributed by atoms with van der Waals surface area (Å²) in [4.78, 5) is 3.26. The topological polar surface area (TPSA) is 27.8 Å². The summed E-state index contributed by atoms with van der Waals surface area (Å²) < 4.78 is 0. The van der Waals surface area contributed by atoms with Gasteiger partial charge in [-0.05, 0) is 18.1 Å². The number of aromatic amines is 1. The van der Waals surface area contributed by atoms with E-state index in [-0.39, 0.29) is 6.04 Å². The maximum absolute atomic E-state index is 5.42. The van der Waals surface area contributed by atoms with Crippen molar-refractivity contribution in [3.8, 4) is 12.3 Å². The number of nitrogens with one attached hydrogen (secondary N) is 2. The molecule has 1 unspecified atom stereocenters. The smallest absolute Gasteiger partial charge is 0.0686 e. The minimum absolute atomic E-state index is 0.161. The molecule has 82 valence electrons. The van der Waals surface area contributed by atoms with Crippen LogP contribution >= 0.6 is 0 Å². The largest absolute Gasteiger partial charge is 0.361 e. The molecule has 2 nitrogen and oxygen atoms in total. The molecular formula is C14H16N2. The molecule has 16 heavy (non-hydrogen) atoms. The van der Waals surface area contributed by atoms with E-state index in [0.717, 1.165) is 13.0 Å². The van der Waals surface area contributed by atoms with Gasteiger partial charge >= 0.3 is 0 Å². The van der Waals surface area contributed by atoms with Crippen LogP contribution in [0.4, 0.5) is 0 Å². The zero-order valence-corrected chi connectivity index (χ0v) is 9.46. The summed E-state index contributed by atoms with van der Waals surface area (Å²) in [5.41, 5.74) is 2.44. The van der Waals surface area contributed by atoms with Crippen molar-refractivity contribution in [1.82, 2.24) is 10.3 Å². The van der Waals surface area contributed by atoms with Crippen molar-refractivity contribution in [3.05, 3.63) is 36.0 Å². The first-order valence-corrected chi connectivity index (χ1v) is 5.59. The first-order valence-electron chi connectivity index (χ1n) is 5.59. The lowest BCUT2D eigenvalue weighted by Gasteiger charge is -2.09. The van der Waals surface area contributed by atoms with Crippen molar-refractivity contribution in [3.63, 3.8) is 0 Å². The van der Waals surface area contributed by atoms with Crippen LogP contribution in [0.1, 0.15) is 18.9 Å². The van der Waals surface area contributed by atoms with Crippen LogP contribution in [0.2, 0.25) is 0 Å². The van der Waals surface area contributed by atoms with Crippen LogP contribution in [0.25, 0.3) is 10.9 Å². The van der Waals surface area contributed by atoms with Gasteiger partial charge in [-0.15, -0.1) is 6.42 Å². The fraction of sp³-hybridized carbons (Fsp3) is 0.286. The van der Waals surface area contributed by atoms with E-state index in [1.165, 1.54) is 16.5 Å². The van der Waals surface area contributed by atoms with Crippen LogP contribution in [-0.4, -0.2) is 11.0 Å². The zero-order chi connectivity index (χ0) is 11.4. The van der Waals surface area contributed by atoms with Gasteiger partial charge in [-0.2, -0.15) is 0 Å². The number of fused-ring (bicyclic) bond motifs is 1. The van der Waals surface area contributed by atoms with Gasteiger partial charge < -0.3 is 4.98 Å². The van der Waals surface area contributed by atoms with Gasteiger partial charge in [-0.25, -0.2) is 0 Å². The second-order valence-electron chi connectivity index (χ2n) is 3.87. The summed E-state index contributed by atoms with van der Waals surface area (Å²) in [6.07, 6.45) is 8.41. The highest BCUT2D eigenvalue weighted by molar-refractivity contribution is 5.82. The fourth-order valence-electron chi connectivity index (χ4n) is 1.83. The number of benzene rings is 1. The van der Waals surface area contributed by atoms with Gasteiger partial charge in [-0.1, -0.05) is 31.0 Å². The highest BCUT2D eigenvalue weighted by Crippen LogP contribution is 2.17. The van der Waals surface area contributed by atoms with Crippen molar-refractivity contribution in [2.75, 3.05) is 0 Å². The van der Waals surface area contributed by atoms with Crippen molar-refractivity contribution < 1.29 is 0 Å². The molecule has 0 saturated heterocycles. The normalized spacial score (nSPS) is 12.5. The van der Waals surface area contributed by atoms with Gasteiger partial charge in [-0.3, -0.25) is 5.32 Å². The number of H-pyrrole nitrogens is 1. The molecule has 0 fully saturated rings. The first-order chi connectivity index (χ1) is 7.85. The van der Waals surface area contributed by atoms with Crippen molar-refractivity contribution >= 4 is 10.9 Å². The Kier molecular flexibility index (Phi) is 3.28. The highest BCUT2D eigenvalue weighted by atomic mass is 14.9. The third kappa shape index (κ3) is 2.10. The molecule has 0 amide bonds. The quantitative estimate of drug-likeness (QED) is 0.749. The van der Waals surface area contributed by atoms with Crippen molar-refractivity contribution in [1.29, 1.82) is 0 Å². The maximum atomic E-state index is 5.42. The monoisotopic (exact) mass is 212 g/mol. The molecule has 1 heterocycles. The Bertz CT molecular complexity index is 505. The standard InChI is InChI=1S/C14H16N2/c1-3-12(4-2)15-9-11-10-16-14-8-6-5-7-13(11)14/h1,5-8,10,12,15-16H,4,9H2,2H3. The summed E-state index contributed by atoms with van der Waals surface area (Å²) in [7, 11) is 0. The van der Waals surface area contributed by atoms with Crippen LogP contribution in [0.3, 0.4) is 0 Å². The zero-order valence-electron chi connectivity index (χ0n) is 9.46. The molecule has 1 aromatic carbocycles. The predicted octanol–water partition coefficient (Wildman–Crippen LogP) is 2.67. The van der Waals surface area contributed by atoms with E-state index in [1.807, 2.05) is 12.3 Å². The van der Waals surface area contributed by atoms with E-state index in [1.54, 1.807) is 0 Å². The van der Waals surface area contributed by atoms with Gasteiger partial charge in [0.2, 0.25) is 0 Å². The van der Waals surface area contributed by atoms with Gasteiger partial charge in [0.05, 0.1) is 6.04 Å². The summed E-state index contributed by atoms with van der Waals surface area (Å²) in [5, 5.41) is 4.62. The van der Waals surface area contributed by atoms with Crippen LogP contribution < -0.4 is 5.32 Å². The average molecular weight is 212 g/mol. The number of terminal acetylenes is 1. The number of rotatable bonds is 4. The Labute approximate surface area is 96.1 Å². The number of hydrogen-bond donors (Lipinski definition) is 2. The molecular weight excluding hydrogens is 196 g/mol. The molecule has 2 heteroatoms. The van der Waals surface area contributed by atoms with Gasteiger partial charge in [0.1, 0.15) is 0 Å². The lowest BCUT2D eigenvalue weighted by molar-refractivity contribution is 0.594. The summed E-state index contributed by atoms with van der Waals surface area (Å²) in [6.45, 7) is 2.90. The average Bonchev–Trinajstić information content (AvgIpc) is 2.74. The predicted molar refractivity (Wildman–Crippen MR) is 68.1 cm³/mol. The van der Waals surface area contributed by atoms with E-state index in [4.69, 9.17) is 6.42 Å². The summed E-state index contributed by atoms with van der Waals surface area (Å²) >= 11 is 0. The van der Waals surface area contributed by atoms with E-state index in [2.05, 4.69) is 41.3 Å². The molecule has 0 saturated carbocycles. The van der Waals surface area contributed by atoms with Crippen LogP contribution in [0, 0.1) is 12.3 Å². The molecule has 0 radical (unpaired) electrons. The Morgan fingerprint density at radius 3 is 3.00 bits per heavy atom. The third-order valence-corrected chi connectivity index (χ3v) is 2.82. The van der Waals surface area contributed by atoms with Gasteiger partial charge in [0, 0.05) is 23.6 Å². The molecule has 0 spiro atoms. The first kappa shape index (κ1) is 10.8. The molecule has 0 aliphatic heterocycles. The maximum Gasteiger partial charge on any atom is 0.0686 e. The lowest BCUT2D eigenvalue weighted by Crippen LogP contribution is -2.25. The van der Waals surface area contributed by atoms with Gasteiger partial charge in [0.15, 0.2) is 0 Å². The Morgan fingerprint density at radius 1 is 1.44 bits per heavy atom. The minimum Gasteiger partial charge on any atom is -0.361 e. The Balaban J connectivity index is 2.13. The fourth-order valence-corrected chi connectivity index (χ4v) is 1.83. The van der Waals surface area contributed by atoms with Crippen LogP contribution in [0.5, 0.6) is 0 Å². The third-order valence-electron chi connectivity index (χ3n) is 2.82. The number of hydrogen-bond acceptors (Lipinski definition) is 1. The van der Waals surface area contributed by atoms with E-state index < -0.39 is 0 Å². The lowest BCUT2D eigenvalue weighted by atomic mass is 10.1. The SMILES string of the molecule is C#CC(CC)NCc1c[nH]c2ccccc12. The minimum atomic E-state index is 0.161. The highest BCUT2D eigenvalue weighted by Gasteiger charge is 2.05. The summed E-state index contributed by atoms with van der Waals surface area (Å²) in [5.74, 6) is 2.74. The van der Waals surface area contributed by atoms with Crippen molar-refractivity contribution in [2.24, 2.45) is 0 Å². The molecule has 0 bridgehead atoms. The molecule has 1 atom stereocenters. The van der Waals surface area contributed by atoms with E-state index in [9.17, 15) is 0 Å². The number of para-hydroxylation sites is 1. The van der Waals surface area contributed by atoms with Crippen molar-refractivity contribution in [2.45, 2.75) is 25.9 Å². The summed E-state index contributed by atoms with van der Waals surface area (Å²) in [6, 6.07) is 8.45. The van der Waals surface area contributed by atoms with E-state index in [0.29, 0.717) is 0 Å². The second kappa shape index (κ2) is 4.87. The van der Waals surface area contributed by atoms with Crippen LogP contribution in [0.15, 0.2) is 30.5 Å². The Morgan fingerprint density at radius 2 is 2.25 bits per heavy atom. The van der Waals surface area contributed by atoms with Gasteiger partial charge in [0.25, 0.3) is 0 Å². The van der Waals surface area contributed by atoms with E-state index >= 15 is 0 Å². The molecule has 2 N–H and O–H groups in total. The molecule has 2 aromatic rings. The van der Waals surface area contributed by atoms with Crippen LogP contribution in [-0.2, 0) is 6.54 Å². The number of aromatic nitrogens is 1. The Hall–Kier alpha value is -1.72. The molecule has 0 aliphatic rings. The molecule has 2 rings (SSSR count). The molecule has 0 aliphatic carbocycles.